The summed E-state index contributed by atoms with van der Waals surface area (Å²) in [5.74, 6) is 0.161. The fraction of sp³-hybridized carbons (Fsp3) is 0.400. The second-order valence-corrected chi connectivity index (χ2v) is 9.35. The number of carbonyl (C=O) groups excluding carboxylic acids is 1. The molecule has 0 saturated carbocycles. The highest BCUT2D eigenvalue weighted by Gasteiger charge is 2.20. The van der Waals surface area contributed by atoms with Crippen molar-refractivity contribution in [3.63, 3.8) is 0 Å². The summed E-state index contributed by atoms with van der Waals surface area (Å²) in [4.78, 5) is 12.4. The molecule has 0 unspecified atom stereocenters. The van der Waals surface area contributed by atoms with Crippen molar-refractivity contribution in [2.24, 2.45) is 0 Å². The summed E-state index contributed by atoms with van der Waals surface area (Å²) < 4.78 is 30.8. The number of sulfonamides is 1. The first-order valence-corrected chi connectivity index (χ1v) is 11.5. The van der Waals surface area contributed by atoms with Gasteiger partial charge >= 0.3 is 0 Å². The molecule has 0 aliphatic heterocycles. The average Bonchev–Trinajstić information content (AvgIpc) is 3.06. The second kappa shape index (κ2) is 8.69. The third kappa shape index (κ3) is 5.32. The fourth-order valence-electron chi connectivity index (χ4n) is 1.94. The minimum atomic E-state index is -3.33. The molecule has 0 saturated heterocycles. The van der Waals surface area contributed by atoms with E-state index in [1.165, 1.54) is 34.5 Å². The van der Waals surface area contributed by atoms with E-state index in [0.29, 0.717) is 23.0 Å². The van der Waals surface area contributed by atoms with E-state index in [0.717, 1.165) is 10.6 Å². The van der Waals surface area contributed by atoms with Gasteiger partial charge in [-0.1, -0.05) is 30.0 Å². The predicted octanol–water partition coefficient (Wildman–Crippen LogP) is 2.45. The molecule has 0 aliphatic carbocycles. The highest BCUT2D eigenvalue weighted by atomic mass is 32.2. The molecule has 142 valence electrons. The van der Waals surface area contributed by atoms with Gasteiger partial charge in [-0.15, -0.1) is 10.2 Å². The van der Waals surface area contributed by atoms with Crippen molar-refractivity contribution in [1.82, 2.24) is 10.2 Å². The van der Waals surface area contributed by atoms with Gasteiger partial charge in [0.25, 0.3) is 5.91 Å². The number of benzene rings is 1. The van der Waals surface area contributed by atoms with Crippen LogP contribution in [0.5, 0.6) is 5.75 Å². The quantitative estimate of drug-likeness (QED) is 0.521. The van der Waals surface area contributed by atoms with Gasteiger partial charge in [0.15, 0.2) is 10.4 Å². The van der Waals surface area contributed by atoms with Gasteiger partial charge in [0, 0.05) is 7.05 Å². The number of aromatic nitrogens is 2. The molecule has 26 heavy (non-hydrogen) atoms. The van der Waals surface area contributed by atoms with Crippen molar-refractivity contribution >= 4 is 49.8 Å². The van der Waals surface area contributed by atoms with Crippen LogP contribution in [0.3, 0.4) is 0 Å². The first-order valence-electron chi connectivity index (χ1n) is 7.63. The van der Waals surface area contributed by atoms with Crippen molar-refractivity contribution in [3.8, 4) is 5.75 Å². The van der Waals surface area contributed by atoms with Crippen molar-refractivity contribution in [2.75, 3.05) is 29.2 Å². The van der Waals surface area contributed by atoms with Gasteiger partial charge in [-0.3, -0.25) is 14.4 Å². The van der Waals surface area contributed by atoms with Crippen LogP contribution in [0.15, 0.2) is 28.6 Å². The molecule has 8 nitrogen and oxygen atoms in total. The van der Waals surface area contributed by atoms with Crippen molar-refractivity contribution < 1.29 is 17.9 Å². The molecule has 1 amide bonds. The standard InChI is InChI=1S/C15H20N4O4S3/c1-5-12(13(20)16-14-17-18-15(24-3)25-14)23-11-8-6-10(7-9-11)19(2)26(4,21)22/h6-9,12H,5H2,1-4H3,(H,16,17,20)/t12-/m1/s1. The third-order valence-corrected chi connectivity index (χ3v) is 6.47. The highest BCUT2D eigenvalue weighted by Crippen LogP contribution is 2.24. The number of hydrogen-bond donors (Lipinski definition) is 1. The Kier molecular flexibility index (Phi) is 6.84. The van der Waals surface area contributed by atoms with E-state index >= 15 is 0 Å². The Morgan fingerprint density at radius 2 is 2.00 bits per heavy atom. The van der Waals surface area contributed by atoms with Crippen molar-refractivity contribution in [2.45, 2.75) is 23.8 Å². The second-order valence-electron chi connectivity index (χ2n) is 5.31. The number of nitrogens with zero attached hydrogens (tertiary/aromatic N) is 3. The van der Waals surface area contributed by atoms with Crippen LogP contribution in [0.4, 0.5) is 10.8 Å². The van der Waals surface area contributed by atoms with E-state index in [9.17, 15) is 13.2 Å². The summed E-state index contributed by atoms with van der Waals surface area (Å²) in [5, 5.41) is 10.9. The van der Waals surface area contributed by atoms with Gasteiger partial charge in [-0.05, 0) is 36.9 Å². The highest BCUT2D eigenvalue weighted by molar-refractivity contribution is 8.00. The Morgan fingerprint density at radius 1 is 1.35 bits per heavy atom. The molecule has 1 atom stereocenters. The Morgan fingerprint density at radius 3 is 2.50 bits per heavy atom. The van der Waals surface area contributed by atoms with Gasteiger partial charge in [0.05, 0.1) is 11.9 Å². The monoisotopic (exact) mass is 416 g/mol. The van der Waals surface area contributed by atoms with E-state index in [4.69, 9.17) is 4.74 Å². The smallest absolute Gasteiger partial charge is 0.267 e. The molecule has 0 spiro atoms. The van der Waals surface area contributed by atoms with Crippen LogP contribution in [0, 0.1) is 0 Å². The predicted molar refractivity (Wildman–Crippen MR) is 105 cm³/mol. The largest absolute Gasteiger partial charge is 0.481 e. The molecule has 1 aromatic heterocycles. The van der Waals surface area contributed by atoms with Crippen molar-refractivity contribution in [3.05, 3.63) is 24.3 Å². The van der Waals surface area contributed by atoms with E-state index < -0.39 is 16.1 Å². The Balaban J connectivity index is 2.03. The molecular formula is C15H20N4O4S3. The first kappa shape index (κ1) is 20.5. The van der Waals surface area contributed by atoms with E-state index in [1.807, 2.05) is 13.2 Å². The van der Waals surface area contributed by atoms with Crippen LogP contribution in [0.25, 0.3) is 0 Å². The Bertz CT molecular complexity index is 852. The summed E-state index contributed by atoms with van der Waals surface area (Å²) in [6, 6.07) is 6.50. The molecular weight excluding hydrogens is 396 g/mol. The lowest BCUT2D eigenvalue weighted by atomic mass is 10.2. The zero-order valence-electron chi connectivity index (χ0n) is 14.8. The number of anilines is 2. The first-order chi connectivity index (χ1) is 12.2. The van der Waals surface area contributed by atoms with Crippen LogP contribution >= 0.6 is 23.1 Å². The summed E-state index contributed by atoms with van der Waals surface area (Å²) in [7, 11) is -1.86. The molecule has 1 heterocycles. The van der Waals surface area contributed by atoms with E-state index in [2.05, 4.69) is 15.5 Å². The number of hydrogen-bond acceptors (Lipinski definition) is 8. The number of amides is 1. The molecule has 11 heteroatoms. The molecule has 1 N–H and O–H groups in total. The maximum Gasteiger partial charge on any atom is 0.267 e. The number of rotatable bonds is 8. The molecule has 0 radical (unpaired) electrons. The van der Waals surface area contributed by atoms with E-state index in [1.54, 1.807) is 24.3 Å². The topological polar surface area (TPSA) is 101 Å². The minimum Gasteiger partial charge on any atom is -0.481 e. The molecule has 2 rings (SSSR count). The Labute approximate surface area is 161 Å². The average molecular weight is 417 g/mol. The van der Waals surface area contributed by atoms with Gasteiger partial charge in [-0.25, -0.2) is 8.42 Å². The fourth-order valence-corrected chi connectivity index (χ4v) is 3.62. The molecule has 2 aromatic rings. The van der Waals surface area contributed by atoms with E-state index in [-0.39, 0.29) is 5.91 Å². The number of ether oxygens (including phenoxy) is 1. The molecule has 0 aliphatic rings. The summed E-state index contributed by atoms with van der Waals surface area (Å²) in [6.45, 7) is 1.84. The van der Waals surface area contributed by atoms with Gasteiger partial charge < -0.3 is 4.74 Å². The summed E-state index contributed by atoms with van der Waals surface area (Å²) >= 11 is 2.75. The van der Waals surface area contributed by atoms with Crippen LogP contribution in [-0.4, -0.2) is 50.2 Å². The number of carbonyl (C=O) groups is 1. The number of thioether (sulfide) groups is 1. The summed E-state index contributed by atoms with van der Waals surface area (Å²) in [5.41, 5.74) is 0.510. The van der Waals surface area contributed by atoms with Gasteiger partial charge in [-0.2, -0.15) is 0 Å². The maximum atomic E-state index is 12.4. The van der Waals surface area contributed by atoms with Gasteiger partial charge in [0.1, 0.15) is 5.75 Å². The van der Waals surface area contributed by atoms with Crippen LogP contribution in [-0.2, 0) is 14.8 Å². The van der Waals surface area contributed by atoms with Crippen LogP contribution < -0.4 is 14.4 Å². The minimum absolute atomic E-state index is 0.311. The lowest BCUT2D eigenvalue weighted by molar-refractivity contribution is -0.122. The third-order valence-electron chi connectivity index (χ3n) is 3.45. The maximum absolute atomic E-state index is 12.4. The molecule has 0 fully saturated rings. The zero-order chi connectivity index (χ0) is 19.3. The van der Waals surface area contributed by atoms with Crippen LogP contribution in [0.1, 0.15) is 13.3 Å². The molecule has 0 bridgehead atoms. The normalized spacial score (nSPS) is 12.5. The van der Waals surface area contributed by atoms with Crippen molar-refractivity contribution in [1.29, 1.82) is 0 Å². The Hall–Kier alpha value is -1.85. The van der Waals surface area contributed by atoms with Gasteiger partial charge in [0.2, 0.25) is 15.2 Å². The summed E-state index contributed by atoms with van der Waals surface area (Å²) in [6.07, 6.45) is 2.78. The lowest BCUT2D eigenvalue weighted by Crippen LogP contribution is -2.32. The zero-order valence-corrected chi connectivity index (χ0v) is 17.2. The van der Waals surface area contributed by atoms with Crippen LogP contribution in [0.2, 0.25) is 0 Å². The lowest BCUT2D eigenvalue weighted by Gasteiger charge is -2.19. The number of nitrogens with one attached hydrogen (secondary N) is 1. The molecule has 1 aromatic carbocycles. The SMILES string of the molecule is CC[C@@H](Oc1ccc(N(C)S(C)(=O)=O)cc1)C(=O)Nc1nnc(SC)s1.